The second kappa shape index (κ2) is 5.02. The van der Waals surface area contributed by atoms with Gasteiger partial charge in [-0.2, -0.15) is 0 Å². The van der Waals surface area contributed by atoms with Crippen molar-refractivity contribution in [2.24, 2.45) is 0 Å². The van der Waals surface area contributed by atoms with Crippen LogP contribution in [0.3, 0.4) is 0 Å². The molecule has 0 spiro atoms. The van der Waals surface area contributed by atoms with Crippen LogP contribution >= 0.6 is 11.6 Å². The Morgan fingerprint density at radius 3 is 2.65 bits per heavy atom. The topological polar surface area (TPSA) is 50.9 Å². The van der Waals surface area contributed by atoms with Gasteiger partial charge in [0.2, 0.25) is 0 Å². The lowest BCUT2D eigenvalue weighted by Gasteiger charge is -2.12. The normalized spacial score (nSPS) is 10.7. The summed E-state index contributed by atoms with van der Waals surface area (Å²) in [5.74, 6) is 0.752. The highest BCUT2D eigenvalue weighted by Crippen LogP contribution is 2.31. The highest BCUT2D eigenvalue weighted by molar-refractivity contribution is 6.33. The van der Waals surface area contributed by atoms with Gasteiger partial charge in [-0.25, -0.2) is 4.98 Å². The number of hydrogen-bond donors (Lipinski definition) is 2. The Kier molecular flexibility index (Phi) is 3.20. The Morgan fingerprint density at radius 1 is 1.05 bits per heavy atom. The third-order valence-electron chi connectivity index (χ3n) is 3.33. The molecule has 4 heteroatoms. The van der Waals surface area contributed by atoms with Crippen LogP contribution in [-0.2, 0) is 0 Å². The Balaban J connectivity index is 2.13. The van der Waals surface area contributed by atoms with Gasteiger partial charge < -0.3 is 11.1 Å². The van der Waals surface area contributed by atoms with Crippen LogP contribution in [-0.4, -0.2) is 4.98 Å². The van der Waals surface area contributed by atoms with Crippen molar-refractivity contribution in [2.45, 2.75) is 6.92 Å². The van der Waals surface area contributed by atoms with E-state index in [2.05, 4.69) is 10.3 Å². The fraction of sp³-hybridized carbons (Fsp3) is 0.0625. The number of hydrogen-bond acceptors (Lipinski definition) is 3. The SMILES string of the molecule is Cc1ccc2c(Nc3ccccc3Cl)nccc2c1N. The first-order valence-electron chi connectivity index (χ1n) is 6.32. The largest absolute Gasteiger partial charge is 0.398 e. The van der Waals surface area contributed by atoms with Gasteiger partial charge in [0.25, 0.3) is 0 Å². The second-order valence-electron chi connectivity index (χ2n) is 4.66. The number of anilines is 3. The molecule has 3 rings (SSSR count). The second-order valence-corrected chi connectivity index (χ2v) is 5.06. The van der Waals surface area contributed by atoms with Crippen LogP contribution in [0, 0.1) is 6.92 Å². The van der Waals surface area contributed by atoms with Crippen LogP contribution in [0.5, 0.6) is 0 Å². The lowest BCUT2D eigenvalue weighted by Crippen LogP contribution is -1.97. The van der Waals surface area contributed by atoms with Gasteiger partial charge in [0.05, 0.1) is 10.7 Å². The highest BCUT2D eigenvalue weighted by Gasteiger charge is 2.08. The molecule has 0 amide bonds. The number of aromatic nitrogens is 1. The number of nitrogens with two attached hydrogens (primary N) is 1. The maximum absolute atomic E-state index is 6.17. The van der Waals surface area contributed by atoms with Crippen LogP contribution in [0.2, 0.25) is 5.02 Å². The molecule has 0 atom stereocenters. The lowest BCUT2D eigenvalue weighted by atomic mass is 10.1. The molecular formula is C16H14ClN3. The van der Waals surface area contributed by atoms with E-state index in [1.807, 2.05) is 49.4 Å². The maximum atomic E-state index is 6.17. The van der Waals surface area contributed by atoms with Gasteiger partial charge in [-0.05, 0) is 30.7 Å². The van der Waals surface area contributed by atoms with Crippen LogP contribution in [0.15, 0.2) is 48.7 Å². The highest BCUT2D eigenvalue weighted by atomic mass is 35.5. The molecule has 0 aliphatic rings. The van der Waals surface area contributed by atoms with Crippen molar-refractivity contribution >= 4 is 39.6 Å². The average molecular weight is 284 g/mol. The molecule has 0 aliphatic carbocycles. The van der Waals surface area contributed by atoms with Gasteiger partial charge in [0.1, 0.15) is 5.82 Å². The molecule has 1 heterocycles. The van der Waals surface area contributed by atoms with E-state index in [-0.39, 0.29) is 0 Å². The summed E-state index contributed by atoms with van der Waals surface area (Å²) in [6.07, 6.45) is 1.75. The number of fused-ring (bicyclic) bond motifs is 1. The van der Waals surface area contributed by atoms with Gasteiger partial charge in [0.15, 0.2) is 0 Å². The minimum absolute atomic E-state index is 0.659. The molecule has 2 aromatic carbocycles. The summed E-state index contributed by atoms with van der Waals surface area (Å²) in [5.41, 5.74) is 8.80. The van der Waals surface area contributed by atoms with E-state index in [4.69, 9.17) is 17.3 Å². The van der Waals surface area contributed by atoms with E-state index in [1.54, 1.807) is 6.20 Å². The Morgan fingerprint density at radius 2 is 1.85 bits per heavy atom. The fourth-order valence-electron chi connectivity index (χ4n) is 2.18. The molecule has 0 saturated heterocycles. The van der Waals surface area contributed by atoms with Crippen molar-refractivity contribution in [1.82, 2.24) is 4.98 Å². The summed E-state index contributed by atoms with van der Waals surface area (Å²) < 4.78 is 0. The fourth-order valence-corrected chi connectivity index (χ4v) is 2.36. The van der Waals surface area contributed by atoms with E-state index in [0.717, 1.165) is 33.5 Å². The number of rotatable bonds is 2. The molecule has 0 radical (unpaired) electrons. The van der Waals surface area contributed by atoms with Crippen molar-refractivity contribution < 1.29 is 0 Å². The van der Waals surface area contributed by atoms with Crippen molar-refractivity contribution in [3.8, 4) is 0 Å². The summed E-state index contributed by atoms with van der Waals surface area (Å²) in [6, 6.07) is 13.5. The first-order valence-corrected chi connectivity index (χ1v) is 6.70. The zero-order chi connectivity index (χ0) is 14.1. The predicted octanol–water partition coefficient (Wildman–Crippen LogP) is 4.52. The third kappa shape index (κ3) is 2.17. The average Bonchev–Trinajstić information content (AvgIpc) is 2.46. The Hall–Kier alpha value is -2.26. The molecular weight excluding hydrogens is 270 g/mol. The van der Waals surface area contributed by atoms with Gasteiger partial charge in [-0.3, -0.25) is 0 Å². The number of aryl methyl sites for hydroxylation is 1. The lowest BCUT2D eigenvalue weighted by molar-refractivity contribution is 1.33. The van der Waals surface area contributed by atoms with Gasteiger partial charge >= 0.3 is 0 Å². The van der Waals surface area contributed by atoms with Gasteiger partial charge in [-0.15, -0.1) is 0 Å². The van der Waals surface area contributed by atoms with Crippen LogP contribution < -0.4 is 11.1 Å². The quantitative estimate of drug-likeness (QED) is 0.680. The first-order chi connectivity index (χ1) is 9.66. The molecule has 100 valence electrons. The molecule has 20 heavy (non-hydrogen) atoms. The minimum atomic E-state index is 0.659. The van der Waals surface area contributed by atoms with Crippen molar-refractivity contribution in [1.29, 1.82) is 0 Å². The number of nitrogen functional groups attached to an aromatic ring is 1. The van der Waals surface area contributed by atoms with Gasteiger partial charge in [-0.1, -0.05) is 35.9 Å². The standard InChI is InChI=1S/C16H14ClN3/c1-10-6-7-12-11(15(10)18)8-9-19-16(12)20-14-5-3-2-4-13(14)17/h2-9H,18H2,1H3,(H,19,20). The summed E-state index contributed by atoms with van der Waals surface area (Å²) >= 11 is 6.17. The Bertz CT molecular complexity index is 784. The summed E-state index contributed by atoms with van der Waals surface area (Å²) in [6.45, 7) is 2.00. The van der Waals surface area contributed by atoms with E-state index >= 15 is 0 Å². The molecule has 0 bridgehead atoms. The minimum Gasteiger partial charge on any atom is -0.398 e. The summed E-state index contributed by atoms with van der Waals surface area (Å²) in [7, 11) is 0. The van der Waals surface area contributed by atoms with Crippen LogP contribution in [0.25, 0.3) is 10.8 Å². The van der Waals surface area contributed by atoms with Gasteiger partial charge in [0, 0.05) is 22.7 Å². The van der Waals surface area contributed by atoms with Crippen LogP contribution in [0.4, 0.5) is 17.2 Å². The molecule has 3 N–H and O–H groups in total. The van der Waals surface area contributed by atoms with E-state index in [9.17, 15) is 0 Å². The zero-order valence-electron chi connectivity index (χ0n) is 11.0. The summed E-state index contributed by atoms with van der Waals surface area (Å²) in [4.78, 5) is 4.39. The van der Waals surface area contributed by atoms with Crippen LogP contribution in [0.1, 0.15) is 5.56 Å². The molecule has 0 unspecified atom stereocenters. The molecule has 3 aromatic rings. The monoisotopic (exact) mass is 283 g/mol. The number of benzene rings is 2. The number of para-hydroxylation sites is 1. The predicted molar refractivity (Wildman–Crippen MR) is 85.6 cm³/mol. The van der Waals surface area contributed by atoms with E-state index in [0.29, 0.717) is 5.02 Å². The van der Waals surface area contributed by atoms with E-state index in [1.165, 1.54) is 0 Å². The molecule has 3 nitrogen and oxygen atoms in total. The third-order valence-corrected chi connectivity index (χ3v) is 3.66. The maximum Gasteiger partial charge on any atom is 0.138 e. The van der Waals surface area contributed by atoms with E-state index < -0.39 is 0 Å². The molecule has 0 saturated carbocycles. The zero-order valence-corrected chi connectivity index (χ0v) is 11.8. The molecule has 0 aliphatic heterocycles. The number of nitrogens with one attached hydrogen (secondary N) is 1. The number of pyridine rings is 1. The van der Waals surface area contributed by atoms with Crippen molar-refractivity contribution in [3.63, 3.8) is 0 Å². The molecule has 1 aromatic heterocycles. The summed E-state index contributed by atoms with van der Waals surface area (Å²) in [5, 5.41) is 5.90. The number of halogens is 1. The van der Waals surface area contributed by atoms with Crippen molar-refractivity contribution in [3.05, 3.63) is 59.2 Å². The Labute approximate surface area is 122 Å². The molecule has 0 fully saturated rings. The number of nitrogens with zero attached hydrogens (tertiary/aromatic N) is 1. The smallest absolute Gasteiger partial charge is 0.138 e. The van der Waals surface area contributed by atoms with Crippen molar-refractivity contribution in [2.75, 3.05) is 11.1 Å². The first kappa shape index (κ1) is 12.8.